The normalized spacial score (nSPS) is 11.9. The van der Waals surface area contributed by atoms with Gasteiger partial charge in [-0.15, -0.1) is 0 Å². The Morgan fingerprint density at radius 3 is 2.29 bits per heavy atom. The lowest BCUT2D eigenvalue weighted by molar-refractivity contribution is 0.361. The maximum Gasteiger partial charge on any atom is 0.0921 e. The van der Waals surface area contributed by atoms with E-state index >= 15 is 0 Å². The summed E-state index contributed by atoms with van der Waals surface area (Å²) in [5.74, 6) is 1.52. The summed E-state index contributed by atoms with van der Waals surface area (Å²) in [6, 6.07) is 0.651. The Kier molecular flexibility index (Phi) is 6.27. The van der Waals surface area contributed by atoms with Crippen LogP contribution in [0.15, 0.2) is 12.5 Å². The predicted molar refractivity (Wildman–Crippen MR) is 73.0 cm³/mol. The van der Waals surface area contributed by atoms with Gasteiger partial charge in [0.25, 0.3) is 0 Å². The molecule has 1 heterocycles. The van der Waals surface area contributed by atoms with Gasteiger partial charge in [0, 0.05) is 30.9 Å². The molecule has 0 unspecified atom stereocenters. The highest BCUT2D eigenvalue weighted by molar-refractivity contribution is 4.94. The zero-order chi connectivity index (χ0) is 12.7. The van der Waals surface area contributed by atoms with E-state index < -0.39 is 0 Å². The largest absolute Gasteiger partial charge is 0.348 e. The average Bonchev–Trinajstić information content (AvgIpc) is 2.68. The molecule has 3 nitrogen and oxygen atoms in total. The van der Waals surface area contributed by atoms with Crippen LogP contribution in [0.25, 0.3) is 0 Å². The number of aromatic amines is 1. The number of hydrogen-bond acceptors (Lipinski definition) is 2. The molecule has 1 aromatic rings. The van der Waals surface area contributed by atoms with E-state index in [-0.39, 0.29) is 0 Å². The lowest BCUT2D eigenvalue weighted by atomic mass is 9.95. The van der Waals surface area contributed by atoms with E-state index in [0.29, 0.717) is 6.04 Å². The summed E-state index contributed by atoms with van der Waals surface area (Å²) in [7, 11) is 0. The van der Waals surface area contributed by atoms with Crippen molar-refractivity contribution in [2.45, 2.75) is 53.0 Å². The molecule has 0 atom stereocenters. The van der Waals surface area contributed by atoms with E-state index in [1.807, 2.05) is 6.20 Å². The second kappa shape index (κ2) is 7.49. The number of H-pyrrole nitrogens is 1. The molecular weight excluding hydrogens is 210 g/mol. The third kappa shape index (κ3) is 6.47. The van der Waals surface area contributed by atoms with Crippen molar-refractivity contribution in [2.75, 3.05) is 6.54 Å². The highest BCUT2D eigenvalue weighted by Crippen LogP contribution is 2.13. The van der Waals surface area contributed by atoms with Gasteiger partial charge in [-0.2, -0.15) is 0 Å². The van der Waals surface area contributed by atoms with Crippen LogP contribution in [0.5, 0.6) is 0 Å². The Morgan fingerprint density at radius 2 is 1.82 bits per heavy atom. The van der Waals surface area contributed by atoms with E-state index in [1.54, 1.807) is 6.33 Å². The summed E-state index contributed by atoms with van der Waals surface area (Å²) in [5, 5.41) is 3.67. The fourth-order valence-electron chi connectivity index (χ4n) is 2.23. The highest BCUT2D eigenvalue weighted by atomic mass is 14.9. The molecule has 1 aromatic heterocycles. The van der Waals surface area contributed by atoms with Crippen LogP contribution in [0.2, 0.25) is 0 Å². The summed E-state index contributed by atoms with van der Waals surface area (Å²) < 4.78 is 0. The standard InChI is InChI=1S/C14H27N3/c1-11(2)7-14(8-12(3)4)16-6-5-13-9-15-10-17-13/h9-12,14,16H,5-8H2,1-4H3,(H,15,17). The molecule has 2 N–H and O–H groups in total. The third-order valence-corrected chi connectivity index (χ3v) is 2.89. The van der Waals surface area contributed by atoms with Crippen LogP contribution < -0.4 is 5.32 Å². The molecule has 0 amide bonds. The molecule has 17 heavy (non-hydrogen) atoms. The Hall–Kier alpha value is -0.830. The third-order valence-electron chi connectivity index (χ3n) is 2.89. The molecule has 0 aliphatic heterocycles. The van der Waals surface area contributed by atoms with Crippen molar-refractivity contribution < 1.29 is 0 Å². The summed E-state index contributed by atoms with van der Waals surface area (Å²) in [4.78, 5) is 7.17. The first-order chi connectivity index (χ1) is 8.08. The summed E-state index contributed by atoms with van der Waals surface area (Å²) in [6.07, 6.45) is 7.21. The van der Waals surface area contributed by atoms with Crippen LogP contribution in [0.3, 0.4) is 0 Å². The Morgan fingerprint density at radius 1 is 1.18 bits per heavy atom. The maximum atomic E-state index is 4.03. The molecule has 0 saturated carbocycles. The van der Waals surface area contributed by atoms with Crippen LogP contribution >= 0.6 is 0 Å². The molecule has 0 bridgehead atoms. The second-order valence-electron chi connectivity index (χ2n) is 5.74. The number of imidazole rings is 1. The van der Waals surface area contributed by atoms with Gasteiger partial charge in [0.15, 0.2) is 0 Å². The van der Waals surface area contributed by atoms with Gasteiger partial charge < -0.3 is 10.3 Å². The molecule has 0 fully saturated rings. The summed E-state index contributed by atoms with van der Waals surface area (Å²) in [5.41, 5.74) is 1.21. The Labute approximate surface area is 105 Å². The van der Waals surface area contributed by atoms with Crippen LogP contribution in [0.4, 0.5) is 0 Å². The van der Waals surface area contributed by atoms with Gasteiger partial charge in [0.05, 0.1) is 6.33 Å². The SMILES string of the molecule is CC(C)CC(CC(C)C)NCCc1cnc[nH]1. The first-order valence-corrected chi connectivity index (χ1v) is 6.78. The van der Waals surface area contributed by atoms with Gasteiger partial charge in [-0.3, -0.25) is 0 Å². The minimum atomic E-state index is 0.651. The minimum Gasteiger partial charge on any atom is -0.348 e. The molecule has 0 radical (unpaired) electrons. The average molecular weight is 237 g/mol. The van der Waals surface area contributed by atoms with E-state index in [0.717, 1.165) is 24.8 Å². The highest BCUT2D eigenvalue weighted by Gasteiger charge is 2.12. The van der Waals surface area contributed by atoms with E-state index in [1.165, 1.54) is 18.5 Å². The Bertz CT molecular complexity index is 268. The van der Waals surface area contributed by atoms with Gasteiger partial charge in [0.1, 0.15) is 0 Å². The molecule has 98 valence electrons. The topological polar surface area (TPSA) is 40.7 Å². The van der Waals surface area contributed by atoms with Crippen molar-refractivity contribution in [3.63, 3.8) is 0 Å². The molecule has 0 aliphatic rings. The van der Waals surface area contributed by atoms with Gasteiger partial charge >= 0.3 is 0 Å². The zero-order valence-electron chi connectivity index (χ0n) is 11.7. The van der Waals surface area contributed by atoms with Crippen LogP contribution in [-0.4, -0.2) is 22.6 Å². The fourth-order valence-corrected chi connectivity index (χ4v) is 2.23. The lowest BCUT2D eigenvalue weighted by Crippen LogP contribution is -2.33. The van der Waals surface area contributed by atoms with Crippen LogP contribution in [-0.2, 0) is 6.42 Å². The van der Waals surface area contributed by atoms with Crippen molar-refractivity contribution in [1.82, 2.24) is 15.3 Å². The molecule has 0 saturated heterocycles. The van der Waals surface area contributed by atoms with Crippen molar-refractivity contribution in [2.24, 2.45) is 11.8 Å². The smallest absolute Gasteiger partial charge is 0.0921 e. The first-order valence-electron chi connectivity index (χ1n) is 6.78. The first kappa shape index (κ1) is 14.2. The predicted octanol–water partition coefficient (Wildman–Crippen LogP) is 3.00. The van der Waals surface area contributed by atoms with Crippen molar-refractivity contribution in [3.8, 4) is 0 Å². The number of aromatic nitrogens is 2. The monoisotopic (exact) mass is 237 g/mol. The molecule has 0 spiro atoms. The molecular formula is C14H27N3. The zero-order valence-corrected chi connectivity index (χ0v) is 11.7. The second-order valence-corrected chi connectivity index (χ2v) is 5.74. The Balaban J connectivity index is 2.27. The molecule has 3 heteroatoms. The van der Waals surface area contributed by atoms with Crippen molar-refractivity contribution in [3.05, 3.63) is 18.2 Å². The molecule has 0 aliphatic carbocycles. The number of hydrogen-bond donors (Lipinski definition) is 2. The van der Waals surface area contributed by atoms with E-state index in [9.17, 15) is 0 Å². The van der Waals surface area contributed by atoms with E-state index in [4.69, 9.17) is 0 Å². The van der Waals surface area contributed by atoms with Gasteiger partial charge in [-0.25, -0.2) is 4.98 Å². The summed E-state index contributed by atoms with van der Waals surface area (Å²) >= 11 is 0. The van der Waals surface area contributed by atoms with Crippen molar-refractivity contribution >= 4 is 0 Å². The van der Waals surface area contributed by atoms with Gasteiger partial charge in [0.2, 0.25) is 0 Å². The number of nitrogens with zero attached hydrogens (tertiary/aromatic N) is 1. The van der Waals surface area contributed by atoms with Gasteiger partial charge in [-0.05, 0) is 24.7 Å². The van der Waals surface area contributed by atoms with Crippen LogP contribution in [0.1, 0.15) is 46.2 Å². The molecule has 0 aromatic carbocycles. The number of rotatable bonds is 8. The summed E-state index contributed by atoms with van der Waals surface area (Å²) in [6.45, 7) is 10.2. The maximum absolute atomic E-state index is 4.03. The van der Waals surface area contributed by atoms with Gasteiger partial charge in [-0.1, -0.05) is 27.7 Å². The molecule has 1 rings (SSSR count). The minimum absolute atomic E-state index is 0.651. The number of nitrogens with one attached hydrogen (secondary N) is 2. The van der Waals surface area contributed by atoms with Crippen molar-refractivity contribution in [1.29, 1.82) is 0 Å². The quantitative estimate of drug-likeness (QED) is 0.729. The fraction of sp³-hybridized carbons (Fsp3) is 0.786. The van der Waals surface area contributed by atoms with Crippen LogP contribution in [0, 0.1) is 11.8 Å². The lowest BCUT2D eigenvalue weighted by Gasteiger charge is -2.22. The van der Waals surface area contributed by atoms with E-state index in [2.05, 4.69) is 43.0 Å².